The summed E-state index contributed by atoms with van der Waals surface area (Å²) in [6.45, 7) is 2.26. The molecule has 0 radical (unpaired) electrons. The smallest absolute Gasteiger partial charge is 0.250 e. The molecule has 1 atom stereocenters. The van der Waals surface area contributed by atoms with Crippen molar-refractivity contribution in [3.05, 3.63) is 34.2 Å². The van der Waals surface area contributed by atoms with Crippen LogP contribution in [0, 0.1) is 6.92 Å². The van der Waals surface area contributed by atoms with Gasteiger partial charge in [-0.3, -0.25) is 4.79 Å². The quantitative estimate of drug-likeness (QED) is 0.660. The van der Waals surface area contributed by atoms with Gasteiger partial charge in [0.05, 0.1) is 12.6 Å². The first kappa shape index (κ1) is 9.95. The molecular weight excluding hydrogens is 168 g/mol. The average molecular weight is 182 g/mol. The third-order valence-electron chi connectivity index (χ3n) is 1.93. The van der Waals surface area contributed by atoms with Crippen molar-refractivity contribution in [3.63, 3.8) is 0 Å². The van der Waals surface area contributed by atoms with Crippen molar-refractivity contribution in [2.75, 3.05) is 6.54 Å². The van der Waals surface area contributed by atoms with Crippen LogP contribution in [0.15, 0.2) is 23.0 Å². The Bertz CT molecular complexity index is 333. The van der Waals surface area contributed by atoms with Gasteiger partial charge < -0.3 is 15.4 Å². The lowest BCUT2D eigenvalue weighted by atomic mass is 10.3. The normalized spacial score (nSPS) is 12.8. The van der Waals surface area contributed by atoms with E-state index in [0.29, 0.717) is 0 Å². The summed E-state index contributed by atoms with van der Waals surface area (Å²) in [6, 6.07) is 4.99. The molecule has 1 rings (SSSR count). The average Bonchev–Trinajstić information content (AvgIpc) is 2.11. The van der Waals surface area contributed by atoms with Crippen molar-refractivity contribution in [1.29, 1.82) is 0 Å². The fourth-order valence-electron chi connectivity index (χ4n) is 1.14. The molecule has 3 N–H and O–H groups in total. The zero-order chi connectivity index (χ0) is 9.84. The van der Waals surface area contributed by atoms with E-state index in [1.807, 2.05) is 13.0 Å². The monoisotopic (exact) mass is 182 g/mol. The molecule has 1 heterocycles. The van der Waals surface area contributed by atoms with Crippen LogP contribution >= 0.6 is 0 Å². The van der Waals surface area contributed by atoms with E-state index in [2.05, 4.69) is 0 Å². The van der Waals surface area contributed by atoms with Gasteiger partial charge in [0.15, 0.2) is 0 Å². The Morgan fingerprint density at radius 3 is 2.85 bits per heavy atom. The molecular formula is C9H14N2O2. The Hall–Kier alpha value is -1.13. The van der Waals surface area contributed by atoms with Crippen LogP contribution in [0.25, 0.3) is 0 Å². The zero-order valence-electron chi connectivity index (χ0n) is 7.60. The van der Waals surface area contributed by atoms with Gasteiger partial charge in [-0.15, -0.1) is 0 Å². The molecule has 0 aliphatic carbocycles. The second-order valence-electron chi connectivity index (χ2n) is 3.01. The first-order valence-electron chi connectivity index (χ1n) is 4.19. The molecule has 0 saturated heterocycles. The molecule has 0 spiro atoms. The number of hydrogen-bond acceptors (Lipinski definition) is 3. The van der Waals surface area contributed by atoms with Crippen LogP contribution in [0.3, 0.4) is 0 Å². The third kappa shape index (κ3) is 2.40. The van der Waals surface area contributed by atoms with Crippen LogP contribution in [0.1, 0.15) is 5.69 Å². The summed E-state index contributed by atoms with van der Waals surface area (Å²) in [5, 5.41) is 9.28. The van der Waals surface area contributed by atoms with E-state index in [9.17, 15) is 9.90 Å². The molecule has 0 amide bonds. The molecule has 0 unspecified atom stereocenters. The zero-order valence-corrected chi connectivity index (χ0v) is 7.60. The molecule has 0 aliphatic heterocycles. The van der Waals surface area contributed by atoms with E-state index in [4.69, 9.17) is 5.73 Å². The Kier molecular flexibility index (Phi) is 3.22. The lowest BCUT2D eigenvalue weighted by Crippen LogP contribution is -2.31. The van der Waals surface area contributed by atoms with Crippen LogP contribution in [0.5, 0.6) is 0 Å². The van der Waals surface area contributed by atoms with Gasteiger partial charge in [-0.05, 0) is 13.0 Å². The lowest BCUT2D eigenvalue weighted by molar-refractivity contribution is 0.160. The number of nitrogens with zero attached hydrogens (tertiary/aromatic N) is 1. The van der Waals surface area contributed by atoms with Crippen LogP contribution in [-0.2, 0) is 6.54 Å². The van der Waals surface area contributed by atoms with Crippen molar-refractivity contribution in [1.82, 2.24) is 4.57 Å². The maximum absolute atomic E-state index is 11.3. The number of rotatable bonds is 3. The topological polar surface area (TPSA) is 68.2 Å². The number of aromatic nitrogens is 1. The molecule has 0 aromatic carbocycles. The number of hydrogen-bond donors (Lipinski definition) is 2. The fraction of sp³-hybridized carbons (Fsp3) is 0.444. The second kappa shape index (κ2) is 4.20. The maximum atomic E-state index is 11.3. The summed E-state index contributed by atoms with van der Waals surface area (Å²) in [4.78, 5) is 11.3. The minimum atomic E-state index is -0.654. The molecule has 0 aliphatic rings. The second-order valence-corrected chi connectivity index (χ2v) is 3.01. The summed E-state index contributed by atoms with van der Waals surface area (Å²) in [6.07, 6.45) is -0.654. The highest BCUT2D eigenvalue weighted by molar-refractivity contribution is 5.04. The predicted octanol–water partition coefficient (Wildman–Crippen LogP) is -0.524. The van der Waals surface area contributed by atoms with E-state index in [0.717, 1.165) is 5.69 Å². The van der Waals surface area contributed by atoms with Gasteiger partial charge in [0.2, 0.25) is 0 Å². The largest absolute Gasteiger partial charge is 0.390 e. The van der Waals surface area contributed by atoms with Crippen molar-refractivity contribution < 1.29 is 5.11 Å². The molecule has 1 aromatic heterocycles. The van der Waals surface area contributed by atoms with Crippen molar-refractivity contribution in [3.8, 4) is 0 Å². The van der Waals surface area contributed by atoms with E-state index >= 15 is 0 Å². The van der Waals surface area contributed by atoms with E-state index in [-0.39, 0.29) is 18.6 Å². The fourth-order valence-corrected chi connectivity index (χ4v) is 1.14. The number of aliphatic hydroxyl groups is 1. The van der Waals surface area contributed by atoms with Gasteiger partial charge in [0.1, 0.15) is 0 Å². The molecule has 0 bridgehead atoms. The molecule has 0 fully saturated rings. The molecule has 13 heavy (non-hydrogen) atoms. The van der Waals surface area contributed by atoms with Crippen molar-refractivity contribution in [2.45, 2.75) is 19.6 Å². The van der Waals surface area contributed by atoms with Gasteiger partial charge >= 0.3 is 0 Å². The summed E-state index contributed by atoms with van der Waals surface area (Å²) in [5.41, 5.74) is 5.98. The SMILES string of the molecule is Cc1cccc(=O)n1C[C@H](O)CN. The van der Waals surface area contributed by atoms with Gasteiger partial charge in [-0.25, -0.2) is 0 Å². The minimum Gasteiger partial charge on any atom is -0.390 e. The third-order valence-corrected chi connectivity index (χ3v) is 1.93. The number of aryl methyl sites for hydroxylation is 1. The van der Waals surface area contributed by atoms with E-state index < -0.39 is 6.10 Å². The van der Waals surface area contributed by atoms with Crippen molar-refractivity contribution in [2.24, 2.45) is 5.73 Å². The summed E-state index contributed by atoms with van der Waals surface area (Å²) in [7, 11) is 0. The van der Waals surface area contributed by atoms with Gasteiger partial charge in [0, 0.05) is 18.3 Å². The van der Waals surface area contributed by atoms with Gasteiger partial charge in [0.25, 0.3) is 5.56 Å². The van der Waals surface area contributed by atoms with E-state index in [1.54, 1.807) is 6.07 Å². The Balaban J connectivity index is 2.93. The van der Waals surface area contributed by atoms with Crippen LogP contribution in [-0.4, -0.2) is 22.3 Å². The summed E-state index contributed by atoms with van der Waals surface area (Å²) < 4.78 is 1.51. The van der Waals surface area contributed by atoms with E-state index in [1.165, 1.54) is 10.6 Å². The Morgan fingerprint density at radius 1 is 1.62 bits per heavy atom. The van der Waals surface area contributed by atoms with Gasteiger partial charge in [-0.2, -0.15) is 0 Å². The first-order chi connectivity index (χ1) is 6.15. The van der Waals surface area contributed by atoms with Gasteiger partial charge in [-0.1, -0.05) is 6.07 Å². The Morgan fingerprint density at radius 2 is 2.31 bits per heavy atom. The predicted molar refractivity (Wildman–Crippen MR) is 50.5 cm³/mol. The minimum absolute atomic E-state index is 0.104. The summed E-state index contributed by atoms with van der Waals surface area (Å²) in [5.74, 6) is 0. The highest BCUT2D eigenvalue weighted by atomic mass is 16.3. The number of nitrogens with two attached hydrogens (primary N) is 1. The summed E-state index contributed by atoms with van der Waals surface area (Å²) >= 11 is 0. The molecule has 0 saturated carbocycles. The van der Waals surface area contributed by atoms with Crippen LogP contribution < -0.4 is 11.3 Å². The molecule has 4 heteroatoms. The highest BCUT2D eigenvalue weighted by Gasteiger charge is 2.05. The molecule has 4 nitrogen and oxygen atoms in total. The Labute approximate surface area is 76.6 Å². The lowest BCUT2D eigenvalue weighted by Gasteiger charge is -2.12. The number of pyridine rings is 1. The molecule has 1 aromatic rings. The molecule has 72 valence electrons. The maximum Gasteiger partial charge on any atom is 0.250 e. The van der Waals surface area contributed by atoms with Crippen LogP contribution in [0.2, 0.25) is 0 Å². The van der Waals surface area contributed by atoms with Crippen LogP contribution in [0.4, 0.5) is 0 Å². The standard InChI is InChI=1S/C9H14N2O2/c1-7-3-2-4-9(13)11(7)6-8(12)5-10/h2-4,8,12H,5-6,10H2,1H3/t8-/m1/s1. The number of aliphatic hydroxyl groups excluding tert-OH is 1. The highest BCUT2D eigenvalue weighted by Crippen LogP contribution is 1.95. The first-order valence-corrected chi connectivity index (χ1v) is 4.19. The van der Waals surface area contributed by atoms with Crippen molar-refractivity contribution >= 4 is 0 Å².